The minimum absolute atomic E-state index is 0.164. The van der Waals surface area contributed by atoms with Gasteiger partial charge in [0.25, 0.3) is 0 Å². The maximum absolute atomic E-state index is 14.7. The first-order chi connectivity index (χ1) is 14.0. The SMILES string of the molecule is CCc1ccc(Cn2c(-c3cncc(F)c3)nc3c(C)nc(OC)nc32)c(F)c1. The Morgan fingerprint density at radius 2 is 1.90 bits per heavy atom. The average Bonchev–Trinajstić information content (AvgIpc) is 3.08. The van der Waals surface area contributed by atoms with Crippen LogP contribution in [0.1, 0.15) is 23.7 Å². The van der Waals surface area contributed by atoms with Crippen molar-refractivity contribution >= 4 is 11.2 Å². The first kappa shape index (κ1) is 18.9. The lowest BCUT2D eigenvalue weighted by molar-refractivity contribution is 0.380. The molecular formula is C21H19F2N5O. The number of fused-ring (bicyclic) bond motifs is 1. The van der Waals surface area contributed by atoms with Gasteiger partial charge >= 0.3 is 6.01 Å². The summed E-state index contributed by atoms with van der Waals surface area (Å²) in [5.41, 5.74) is 3.48. The Kier molecular flexibility index (Phi) is 4.92. The van der Waals surface area contributed by atoms with E-state index in [9.17, 15) is 8.78 Å². The van der Waals surface area contributed by atoms with Crippen LogP contribution in [0.15, 0.2) is 36.7 Å². The second-order valence-electron chi connectivity index (χ2n) is 6.66. The maximum atomic E-state index is 14.7. The standard InChI is InChI=1S/C21H19F2N5O/c1-4-13-5-6-14(17(23)7-13)11-28-19(15-8-16(22)10-24-9-15)26-18-12(2)25-21(29-3)27-20(18)28/h5-10H,4,11H2,1-3H3. The van der Waals surface area contributed by atoms with Crippen LogP contribution in [0.5, 0.6) is 6.01 Å². The molecule has 0 aliphatic rings. The topological polar surface area (TPSA) is 65.7 Å². The zero-order valence-corrected chi connectivity index (χ0v) is 16.3. The lowest BCUT2D eigenvalue weighted by Crippen LogP contribution is -2.06. The first-order valence-electron chi connectivity index (χ1n) is 9.17. The molecule has 3 aromatic heterocycles. The van der Waals surface area contributed by atoms with E-state index in [1.54, 1.807) is 17.6 Å². The molecular weight excluding hydrogens is 376 g/mol. The van der Waals surface area contributed by atoms with Crippen molar-refractivity contribution in [3.8, 4) is 17.4 Å². The van der Waals surface area contributed by atoms with E-state index in [1.165, 1.54) is 25.4 Å². The molecule has 29 heavy (non-hydrogen) atoms. The van der Waals surface area contributed by atoms with Gasteiger partial charge in [-0.15, -0.1) is 0 Å². The first-order valence-corrected chi connectivity index (χ1v) is 9.17. The number of nitrogens with zero attached hydrogens (tertiary/aromatic N) is 5. The molecule has 8 heteroatoms. The van der Waals surface area contributed by atoms with E-state index in [4.69, 9.17) is 4.74 Å². The molecule has 0 saturated heterocycles. The fourth-order valence-corrected chi connectivity index (χ4v) is 3.22. The molecule has 0 fully saturated rings. The third-order valence-electron chi connectivity index (χ3n) is 4.75. The molecule has 0 aliphatic carbocycles. The molecule has 0 amide bonds. The van der Waals surface area contributed by atoms with Crippen LogP contribution in [0.3, 0.4) is 0 Å². The van der Waals surface area contributed by atoms with Crippen molar-refractivity contribution in [3.63, 3.8) is 0 Å². The van der Waals surface area contributed by atoms with Gasteiger partial charge in [-0.25, -0.2) is 13.8 Å². The molecule has 0 atom stereocenters. The van der Waals surface area contributed by atoms with Crippen molar-refractivity contribution in [1.29, 1.82) is 0 Å². The third kappa shape index (κ3) is 3.53. The summed E-state index contributed by atoms with van der Waals surface area (Å²) in [6.45, 7) is 3.92. The maximum Gasteiger partial charge on any atom is 0.318 e. The van der Waals surface area contributed by atoms with E-state index < -0.39 is 5.82 Å². The number of aromatic nitrogens is 5. The van der Waals surface area contributed by atoms with Crippen LogP contribution in [-0.2, 0) is 13.0 Å². The molecule has 148 valence electrons. The van der Waals surface area contributed by atoms with Gasteiger partial charge in [0, 0.05) is 17.3 Å². The van der Waals surface area contributed by atoms with E-state index >= 15 is 0 Å². The predicted octanol–water partition coefficient (Wildman–Crippen LogP) is 4.09. The summed E-state index contributed by atoms with van der Waals surface area (Å²) in [7, 11) is 1.47. The third-order valence-corrected chi connectivity index (χ3v) is 4.75. The second-order valence-corrected chi connectivity index (χ2v) is 6.66. The van der Waals surface area contributed by atoms with Crippen molar-refractivity contribution in [2.24, 2.45) is 0 Å². The van der Waals surface area contributed by atoms with E-state index in [-0.39, 0.29) is 18.4 Å². The van der Waals surface area contributed by atoms with Gasteiger partial charge in [-0.05, 0) is 31.0 Å². The van der Waals surface area contributed by atoms with E-state index in [0.29, 0.717) is 33.8 Å². The molecule has 0 aliphatic heterocycles. The normalized spacial score (nSPS) is 11.2. The summed E-state index contributed by atoms with van der Waals surface area (Å²) in [6, 6.07) is 6.68. The van der Waals surface area contributed by atoms with Crippen LogP contribution < -0.4 is 4.74 Å². The number of hydrogen-bond acceptors (Lipinski definition) is 5. The van der Waals surface area contributed by atoms with Crippen LogP contribution in [0, 0.1) is 18.6 Å². The smallest absolute Gasteiger partial charge is 0.318 e. The number of aryl methyl sites for hydroxylation is 2. The van der Waals surface area contributed by atoms with Crippen LogP contribution in [0.2, 0.25) is 0 Å². The molecule has 1 aromatic carbocycles. The van der Waals surface area contributed by atoms with Gasteiger partial charge in [0.05, 0.1) is 25.5 Å². The molecule has 6 nitrogen and oxygen atoms in total. The highest BCUT2D eigenvalue weighted by Crippen LogP contribution is 2.28. The van der Waals surface area contributed by atoms with Gasteiger partial charge in [-0.3, -0.25) is 4.98 Å². The van der Waals surface area contributed by atoms with Gasteiger partial charge in [0.15, 0.2) is 5.65 Å². The average molecular weight is 395 g/mol. The zero-order valence-electron chi connectivity index (χ0n) is 16.3. The fourth-order valence-electron chi connectivity index (χ4n) is 3.22. The van der Waals surface area contributed by atoms with Crippen LogP contribution in [0.4, 0.5) is 8.78 Å². The summed E-state index contributed by atoms with van der Waals surface area (Å²) < 4.78 is 35.4. The molecule has 0 N–H and O–H groups in total. The largest absolute Gasteiger partial charge is 0.467 e. The lowest BCUT2D eigenvalue weighted by Gasteiger charge is -2.11. The Morgan fingerprint density at radius 1 is 1.07 bits per heavy atom. The van der Waals surface area contributed by atoms with Crippen molar-refractivity contribution in [2.75, 3.05) is 7.11 Å². The van der Waals surface area contributed by atoms with Crippen LogP contribution in [0.25, 0.3) is 22.6 Å². The highest BCUT2D eigenvalue weighted by atomic mass is 19.1. The molecule has 0 spiro atoms. The number of halogens is 2. The molecule has 4 rings (SSSR count). The molecule has 0 unspecified atom stereocenters. The Morgan fingerprint density at radius 3 is 2.59 bits per heavy atom. The monoisotopic (exact) mass is 395 g/mol. The van der Waals surface area contributed by atoms with Gasteiger partial charge in [0.2, 0.25) is 0 Å². The quantitative estimate of drug-likeness (QED) is 0.509. The summed E-state index contributed by atoms with van der Waals surface area (Å²) in [6.07, 6.45) is 3.38. The lowest BCUT2D eigenvalue weighted by atomic mass is 10.1. The highest BCUT2D eigenvalue weighted by molar-refractivity contribution is 5.79. The Bertz CT molecular complexity index is 1210. The molecule has 0 radical (unpaired) electrons. The molecule has 0 bridgehead atoms. The summed E-state index contributed by atoms with van der Waals surface area (Å²) in [4.78, 5) is 17.2. The number of imidazole rings is 1. The minimum Gasteiger partial charge on any atom is -0.467 e. The van der Waals surface area contributed by atoms with Crippen LogP contribution >= 0.6 is 0 Å². The molecule has 0 saturated carbocycles. The van der Waals surface area contributed by atoms with Crippen molar-refractivity contribution in [2.45, 2.75) is 26.8 Å². The molecule has 4 aromatic rings. The van der Waals surface area contributed by atoms with E-state index in [1.807, 2.05) is 13.0 Å². The van der Waals surface area contributed by atoms with Gasteiger partial charge < -0.3 is 9.30 Å². The number of pyridine rings is 1. The van der Waals surface area contributed by atoms with Gasteiger partial charge in [0.1, 0.15) is 23.0 Å². The highest BCUT2D eigenvalue weighted by Gasteiger charge is 2.19. The number of ether oxygens (including phenoxy) is 1. The van der Waals surface area contributed by atoms with Crippen LogP contribution in [-0.4, -0.2) is 31.6 Å². The van der Waals surface area contributed by atoms with Crippen molar-refractivity contribution in [3.05, 3.63) is 65.1 Å². The fraction of sp³-hybridized carbons (Fsp3) is 0.238. The zero-order chi connectivity index (χ0) is 20.5. The predicted molar refractivity (Wildman–Crippen MR) is 105 cm³/mol. The van der Waals surface area contributed by atoms with E-state index in [2.05, 4.69) is 19.9 Å². The van der Waals surface area contributed by atoms with Crippen molar-refractivity contribution < 1.29 is 13.5 Å². The second kappa shape index (κ2) is 7.54. The Hall–Kier alpha value is -3.42. The summed E-state index contributed by atoms with van der Waals surface area (Å²) in [5.74, 6) is -0.371. The van der Waals surface area contributed by atoms with E-state index in [0.717, 1.165) is 18.2 Å². The Balaban J connectivity index is 1.94. The number of hydrogen-bond donors (Lipinski definition) is 0. The minimum atomic E-state index is -0.486. The number of rotatable bonds is 5. The number of benzene rings is 1. The van der Waals surface area contributed by atoms with Gasteiger partial charge in [-0.1, -0.05) is 19.1 Å². The Labute approximate surface area is 166 Å². The number of methoxy groups -OCH3 is 1. The molecule has 3 heterocycles. The van der Waals surface area contributed by atoms with Crippen molar-refractivity contribution in [1.82, 2.24) is 24.5 Å². The summed E-state index contributed by atoms with van der Waals surface area (Å²) in [5, 5.41) is 0. The van der Waals surface area contributed by atoms with Gasteiger partial charge in [-0.2, -0.15) is 9.97 Å². The summed E-state index contributed by atoms with van der Waals surface area (Å²) >= 11 is 0.